The topological polar surface area (TPSA) is 75.4 Å². The van der Waals surface area contributed by atoms with Gasteiger partial charge in [-0.1, -0.05) is 13.8 Å². The Hall–Kier alpha value is -1.88. The number of hydrogen-bond acceptors (Lipinski definition) is 3. The Bertz CT molecular complexity index is 511. The Labute approximate surface area is 125 Å². The van der Waals surface area contributed by atoms with Gasteiger partial charge in [0.25, 0.3) is 0 Å². The maximum atomic E-state index is 11.9. The number of anilines is 2. The van der Waals surface area contributed by atoms with Gasteiger partial charge < -0.3 is 16.0 Å². The Kier molecular flexibility index (Phi) is 4.96. The molecule has 0 bridgehead atoms. The second-order valence-corrected chi connectivity index (χ2v) is 6.00. The van der Waals surface area contributed by atoms with Gasteiger partial charge in [0.15, 0.2) is 0 Å². The Morgan fingerprint density at radius 2 is 2.05 bits per heavy atom. The van der Waals surface area contributed by atoms with E-state index in [0.29, 0.717) is 31.8 Å². The van der Waals surface area contributed by atoms with Crippen LogP contribution in [0.15, 0.2) is 24.3 Å². The molecule has 1 atom stereocenters. The highest BCUT2D eigenvalue weighted by Gasteiger charge is 2.29. The molecule has 114 valence electrons. The molecule has 1 aromatic carbocycles. The van der Waals surface area contributed by atoms with E-state index in [1.54, 1.807) is 4.90 Å². The first-order valence-electron chi connectivity index (χ1n) is 7.40. The van der Waals surface area contributed by atoms with Crippen LogP contribution in [0.3, 0.4) is 0 Å². The number of nitrogens with one attached hydrogen (secondary N) is 1. The predicted molar refractivity (Wildman–Crippen MR) is 84.0 cm³/mol. The van der Waals surface area contributed by atoms with Gasteiger partial charge in [0.2, 0.25) is 11.8 Å². The van der Waals surface area contributed by atoms with Gasteiger partial charge in [0.05, 0.1) is 0 Å². The van der Waals surface area contributed by atoms with Gasteiger partial charge in [-0.15, -0.1) is 0 Å². The number of nitrogens with zero attached hydrogens (tertiary/aromatic N) is 1. The van der Waals surface area contributed by atoms with Gasteiger partial charge >= 0.3 is 0 Å². The van der Waals surface area contributed by atoms with Gasteiger partial charge in [-0.3, -0.25) is 9.59 Å². The predicted octanol–water partition coefficient (Wildman–Crippen LogP) is 1.98. The number of benzene rings is 1. The molecule has 0 aliphatic carbocycles. The highest BCUT2D eigenvalue weighted by molar-refractivity contribution is 5.96. The van der Waals surface area contributed by atoms with Gasteiger partial charge in [-0.05, 0) is 42.6 Å². The number of hydrogen-bond donors (Lipinski definition) is 2. The van der Waals surface area contributed by atoms with E-state index in [1.165, 1.54) is 0 Å². The van der Waals surface area contributed by atoms with Crippen molar-refractivity contribution in [1.82, 2.24) is 0 Å². The van der Waals surface area contributed by atoms with Crippen LogP contribution >= 0.6 is 0 Å². The van der Waals surface area contributed by atoms with E-state index in [9.17, 15) is 9.59 Å². The van der Waals surface area contributed by atoms with Crippen LogP contribution in [0.1, 0.15) is 26.7 Å². The highest BCUT2D eigenvalue weighted by atomic mass is 16.2. The van der Waals surface area contributed by atoms with Crippen molar-refractivity contribution in [2.75, 3.05) is 23.3 Å². The molecule has 0 aromatic heterocycles. The Morgan fingerprint density at radius 3 is 2.57 bits per heavy atom. The van der Waals surface area contributed by atoms with Crippen LogP contribution in [0.2, 0.25) is 0 Å². The number of nitrogens with two attached hydrogens (primary N) is 1. The first-order chi connectivity index (χ1) is 9.99. The minimum Gasteiger partial charge on any atom is -0.330 e. The van der Waals surface area contributed by atoms with Crippen LogP contribution in [-0.2, 0) is 9.59 Å². The summed E-state index contributed by atoms with van der Waals surface area (Å²) in [5, 5.41) is 2.86. The molecule has 2 amide bonds. The van der Waals surface area contributed by atoms with Gasteiger partial charge in [-0.2, -0.15) is 0 Å². The monoisotopic (exact) mass is 289 g/mol. The standard InChI is InChI=1S/C16H23N3O2/c1-11(2)7-15(20)18-13-3-5-14(6-4-13)19-10-12(9-17)8-16(19)21/h3-6,11-12H,7-10,17H2,1-2H3,(H,18,20). The first kappa shape index (κ1) is 15.5. The molecular formula is C16H23N3O2. The minimum atomic E-state index is 0.0122. The minimum absolute atomic E-state index is 0.0122. The van der Waals surface area contributed by atoms with E-state index in [1.807, 2.05) is 38.1 Å². The summed E-state index contributed by atoms with van der Waals surface area (Å²) in [6.07, 6.45) is 1.02. The average Bonchev–Trinajstić information content (AvgIpc) is 2.80. The molecule has 1 unspecified atom stereocenters. The summed E-state index contributed by atoms with van der Waals surface area (Å²) in [6.45, 7) is 5.23. The number of rotatable bonds is 5. The largest absolute Gasteiger partial charge is 0.330 e. The zero-order valence-electron chi connectivity index (χ0n) is 12.6. The lowest BCUT2D eigenvalue weighted by molar-refractivity contribution is -0.118. The van der Waals surface area contributed by atoms with Crippen LogP contribution in [0, 0.1) is 11.8 Å². The van der Waals surface area contributed by atoms with E-state index < -0.39 is 0 Å². The summed E-state index contributed by atoms with van der Waals surface area (Å²) in [6, 6.07) is 7.39. The van der Waals surface area contributed by atoms with Crippen molar-refractivity contribution in [2.24, 2.45) is 17.6 Å². The van der Waals surface area contributed by atoms with Gasteiger partial charge in [0.1, 0.15) is 0 Å². The second kappa shape index (κ2) is 6.72. The van der Waals surface area contributed by atoms with Crippen LogP contribution in [0.5, 0.6) is 0 Å². The Balaban J connectivity index is 1.99. The molecule has 1 aliphatic heterocycles. The van der Waals surface area contributed by atoms with Gasteiger partial charge in [0, 0.05) is 30.8 Å². The van der Waals surface area contributed by atoms with Crippen molar-refractivity contribution >= 4 is 23.2 Å². The lowest BCUT2D eigenvalue weighted by atomic mass is 10.1. The maximum absolute atomic E-state index is 11.9. The van der Waals surface area contributed by atoms with Crippen molar-refractivity contribution in [3.8, 4) is 0 Å². The molecule has 3 N–H and O–H groups in total. The van der Waals surface area contributed by atoms with Crippen LogP contribution in [0.4, 0.5) is 11.4 Å². The molecule has 1 saturated heterocycles. The third-order valence-electron chi connectivity index (χ3n) is 3.59. The summed E-state index contributed by atoms with van der Waals surface area (Å²) in [5.41, 5.74) is 7.24. The first-order valence-corrected chi connectivity index (χ1v) is 7.40. The molecule has 5 heteroatoms. The molecule has 0 spiro atoms. The van der Waals surface area contributed by atoms with Crippen LogP contribution in [-0.4, -0.2) is 24.9 Å². The van der Waals surface area contributed by atoms with E-state index in [4.69, 9.17) is 5.73 Å². The molecule has 0 saturated carbocycles. The molecule has 2 rings (SSSR count). The van der Waals surface area contributed by atoms with Crippen molar-refractivity contribution in [2.45, 2.75) is 26.7 Å². The number of carbonyl (C=O) groups is 2. The van der Waals surface area contributed by atoms with Crippen molar-refractivity contribution in [3.05, 3.63) is 24.3 Å². The van der Waals surface area contributed by atoms with Crippen molar-refractivity contribution in [3.63, 3.8) is 0 Å². The number of amides is 2. The fraction of sp³-hybridized carbons (Fsp3) is 0.500. The van der Waals surface area contributed by atoms with Crippen molar-refractivity contribution in [1.29, 1.82) is 0 Å². The zero-order chi connectivity index (χ0) is 15.4. The molecule has 21 heavy (non-hydrogen) atoms. The number of carbonyl (C=O) groups excluding carboxylic acids is 2. The van der Waals surface area contributed by atoms with E-state index in [2.05, 4.69) is 5.32 Å². The summed E-state index contributed by atoms with van der Waals surface area (Å²) in [7, 11) is 0. The van der Waals surface area contributed by atoms with Gasteiger partial charge in [-0.25, -0.2) is 0 Å². The molecule has 1 aromatic rings. The highest BCUT2D eigenvalue weighted by Crippen LogP contribution is 2.25. The third-order valence-corrected chi connectivity index (χ3v) is 3.59. The van der Waals surface area contributed by atoms with E-state index in [0.717, 1.165) is 11.4 Å². The normalized spacial score (nSPS) is 18.4. The molecule has 1 aliphatic rings. The smallest absolute Gasteiger partial charge is 0.227 e. The summed E-state index contributed by atoms with van der Waals surface area (Å²) in [4.78, 5) is 25.4. The fourth-order valence-electron chi connectivity index (χ4n) is 2.50. The van der Waals surface area contributed by atoms with Crippen LogP contribution < -0.4 is 16.0 Å². The molecule has 5 nitrogen and oxygen atoms in total. The SMILES string of the molecule is CC(C)CC(=O)Nc1ccc(N2CC(CN)CC2=O)cc1. The quantitative estimate of drug-likeness (QED) is 0.870. The average molecular weight is 289 g/mol. The van der Waals surface area contributed by atoms with E-state index >= 15 is 0 Å². The lowest BCUT2D eigenvalue weighted by Crippen LogP contribution is -2.25. The molecule has 0 radical (unpaired) electrons. The molecular weight excluding hydrogens is 266 g/mol. The van der Waals surface area contributed by atoms with Crippen molar-refractivity contribution < 1.29 is 9.59 Å². The fourth-order valence-corrected chi connectivity index (χ4v) is 2.50. The summed E-state index contributed by atoms with van der Waals surface area (Å²) >= 11 is 0. The molecule has 1 fully saturated rings. The Morgan fingerprint density at radius 1 is 1.38 bits per heavy atom. The van der Waals surface area contributed by atoms with Crippen LogP contribution in [0.25, 0.3) is 0 Å². The summed E-state index contributed by atoms with van der Waals surface area (Å²) in [5.74, 6) is 0.697. The maximum Gasteiger partial charge on any atom is 0.227 e. The summed E-state index contributed by atoms with van der Waals surface area (Å²) < 4.78 is 0. The zero-order valence-corrected chi connectivity index (χ0v) is 12.6. The second-order valence-electron chi connectivity index (χ2n) is 6.00. The lowest BCUT2D eigenvalue weighted by Gasteiger charge is -2.17. The van der Waals surface area contributed by atoms with E-state index in [-0.39, 0.29) is 17.7 Å². The third kappa shape index (κ3) is 4.04. The molecule has 1 heterocycles.